The van der Waals surface area contributed by atoms with Crippen LogP contribution in [0.3, 0.4) is 0 Å². The lowest BCUT2D eigenvalue weighted by molar-refractivity contribution is 0.271. The second-order valence-electron chi connectivity index (χ2n) is 5.08. The summed E-state index contributed by atoms with van der Waals surface area (Å²) >= 11 is 0. The molecule has 1 heterocycles. The summed E-state index contributed by atoms with van der Waals surface area (Å²) in [6, 6.07) is 6.15. The summed E-state index contributed by atoms with van der Waals surface area (Å²) in [5.41, 5.74) is 4.08. The molecule has 0 saturated heterocycles. The van der Waals surface area contributed by atoms with E-state index in [0.717, 1.165) is 12.1 Å². The lowest BCUT2D eigenvalue weighted by Gasteiger charge is -2.32. The van der Waals surface area contributed by atoms with Crippen LogP contribution in [0.1, 0.15) is 29.5 Å². The monoisotopic (exact) mass is 205 g/mol. The molecular weight excluding hydrogens is 189 g/mol. The fraction of sp³-hybridized carbons (Fsp3) is 0.538. The van der Waals surface area contributed by atoms with Crippen molar-refractivity contribution in [3.05, 3.63) is 34.9 Å². The Balaban J connectivity index is 2.07. The average Bonchev–Trinajstić information content (AvgIpc) is 2.97. The van der Waals surface area contributed by atoms with Crippen molar-refractivity contribution in [1.29, 1.82) is 0 Å². The van der Waals surface area contributed by atoms with E-state index in [4.69, 9.17) is 0 Å². The maximum Gasteiger partial charge on any atom is 0.115 e. The van der Waals surface area contributed by atoms with Crippen LogP contribution in [0, 0.1) is 0 Å². The number of hydrogen-bond donors (Lipinski definition) is 0. The topological polar surface area (TPSA) is 3.24 Å². The molecule has 0 atom stereocenters. The second kappa shape index (κ2) is 3.05. The Labute approximate surface area is 89.9 Å². The van der Waals surface area contributed by atoms with Crippen LogP contribution in [0.25, 0.3) is 0 Å². The van der Waals surface area contributed by atoms with Gasteiger partial charge in [-0.2, -0.15) is 0 Å². The molecule has 1 aromatic carbocycles. The molecule has 0 amide bonds. The van der Waals surface area contributed by atoms with Crippen molar-refractivity contribution in [1.82, 2.24) is 4.90 Å². The molecular formula is C13H16FN. The maximum atomic E-state index is 12.6. The molecule has 1 aliphatic heterocycles. The van der Waals surface area contributed by atoms with E-state index in [1.54, 1.807) is 0 Å². The molecule has 15 heavy (non-hydrogen) atoms. The molecule has 3 rings (SSSR count). The Morgan fingerprint density at radius 2 is 2.20 bits per heavy atom. The first-order valence-electron chi connectivity index (χ1n) is 5.60. The van der Waals surface area contributed by atoms with Gasteiger partial charge in [0.15, 0.2) is 0 Å². The Kier molecular flexibility index (Phi) is 1.90. The molecule has 0 bridgehead atoms. The summed E-state index contributed by atoms with van der Waals surface area (Å²) in [5.74, 6) is 0. The Morgan fingerprint density at radius 3 is 2.87 bits per heavy atom. The molecule has 0 radical (unpaired) electrons. The third kappa shape index (κ3) is 1.39. The van der Waals surface area contributed by atoms with Crippen molar-refractivity contribution in [2.24, 2.45) is 0 Å². The second-order valence-corrected chi connectivity index (χ2v) is 5.08. The van der Waals surface area contributed by atoms with Crippen molar-refractivity contribution in [3.8, 4) is 0 Å². The molecule has 1 saturated carbocycles. The highest BCUT2D eigenvalue weighted by molar-refractivity contribution is 5.43. The van der Waals surface area contributed by atoms with E-state index in [2.05, 4.69) is 18.0 Å². The van der Waals surface area contributed by atoms with Crippen molar-refractivity contribution >= 4 is 0 Å². The summed E-state index contributed by atoms with van der Waals surface area (Å²) < 4.78 is 12.6. The van der Waals surface area contributed by atoms with Crippen molar-refractivity contribution in [2.45, 2.75) is 31.5 Å². The normalized spacial score (nSPS) is 22.8. The highest BCUT2D eigenvalue weighted by Crippen LogP contribution is 2.52. The van der Waals surface area contributed by atoms with Crippen LogP contribution in [0.2, 0.25) is 0 Å². The fourth-order valence-electron chi connectivity index (χ4n) is 2.91. The molecule has 80 valence electrons. The predicted molar refractivity (Wildman–Crippen MR) is 58.5 cm³/mol. The van der Waals surface area contributed by atoms with E-state index in [9.17, 15) is 4.39 Å². The summed E-state index contributed by atoms with van der Waals surface area (Å²) in [6.45, 7) is 1.81. The highest BCUT2D eigenvalue weighted by atomic mass is 19.1. The van der Waals surface area contributed by atoms with Gasteiger partial charge in [-0.25, -0.2) is 4.39 Å². The smallest absolute Gasteiger partial charge is 0.115 e. The zero-order valence-corrected chi connectivity index (χ0v) is 9.09. The number of likely N-dealkylation sites (N-methyl/N-ethyl adjacent to an activating group) is 1. The molecule has 1 fully saturated rings. The summed E-state index contributed by atoms with van der Waals surface area (Å²) in [5, 5.41) is 0. The number of nitrogens with zero attached hydrogens (tertiary/aromatic N) is 1. The van der Waals surface area contributed by atoms with E-state index in [1.165, 1.54) is 30.5 Å². The molecule has 1 nitrogen and oxygen atoms in total. The third-order valence-corrected chi connectivity index (χ3v) is 3.76. The van der Waals surface area contributed by atoms with Gasteiger partial charge < -0.3 is 4.90 Å². The highest BCUT2D eigenvalue weighted by Gasteiger charge is 2.48. The van der Waals surface area contributed by atoms with Gasteiger partial charge in [-0.05, 0) is 36.6 Å². The van der Waals surface area contributed by atoms with Crippen molar-refractivity contribution in [3.63, 3.8) is 0 Å². The Bertz CT molecular complexity index is 396. The van der Waals surface area contributed by atoms with Crippen LogP contribution in [0.5, 0.6) is 0 Å². The minimum absolute atomic E-state index is 0.343. The molecule has 2 heteroatoms. The molecule has 0 N–H and O–H groups in total. The van der Waals surface area contributed by atoms with E-state index in [1.807, 2.05) is 12.1 Å². The van der Waals surface area contributed by atoms with Gasteiger partial charge in [0.05, 0.1) is 0 Å². The number of benzene rings is 1. The summed E-state index contributed by atoms with van der Waals surface area (Å²) in [6.07, 6.45) is 2.61. The van der Waals surface area contributed by atoms with E-state index < -0.39 is 0 Å². The minimum atomic E-state index is -0.343. The van der Waals surface area contributed by atoms with Gasteiger partial charge in [0.2, 0.25) is 0 Å². The number of fused-ring (bicyclic) bond motifs is 2. The summed E-state index contributed by atoms with van der Waals surface area (Å²) in [4.78, 5) is 2.36. The zero-order chi connectivity index (χ0) is 10.5. The first kappa shape index (κ1) is 9.34. The molecule has 1 aliphatic carbocycles. The van der Waals surface area contributed by atoms with Crippen LogP contribution in [0.15, 0.2) is 18.2 Å². The van der Waals surface area contributed by atoms with Crippen LogP contribution >= 0.6 is 0 Å². The zero-order valence-electron chi connectivity index (χ0n) is 9.09. The van der Waals surface area contributed by atoms with Gasteiger partial charge in [0.25, 0.3) is 0 Å². The number of halogens is 1. The Morgan fingerprint density at radius 1 is 1.40 bits per heavy atom. The largest absolute Gasteiger partial charge is 0.301 e. The van der Waals surface area contributed by atoms with Gasteiger partial charge in [-0.1, -0.05) is 18.2 Å². The predicted octanol–water partition coefficient (Wildman–Crippen LogP) is 2.63. The van der Waals surface area contributed by atoms with Gasteiger partial charge >= 0.3 is 0 Å². The van der Waals surface area contributed by atoms with Gasteiger partial charge in [0.1, 0.15) is 6.67 Å². The van der Waals surface area contributed by atoms with Gasteiger partial charge in [-0.3, -0.25) is 0 Å². The first-order valence-corrected chi connectivity index (χ1v) is 5.60. The van der Waals surface area contributed by atoms with Crippen LogP contribution in [-0.2, 0) is 18.6 Å². The molecule has 0 aromatic heterocycles. The fourth-order valence-corrected chi connectivity index (χ4v) is 2.91. The quantitative estimate of drug-likeness (QED) is 0.681. The van der Waals surface area contributed by atoms with E-state index >= 15 is 0 Å². The minimum Gasteiger partial charge on any atom is -0.301 e. The standard InChI is InChI=1S/C13H16FN/c1-15-8-11-6-10(7-14)2-3-12(11)13(9-15)4-5-13/h2-3,6H,4-5,7-9H2,1H3. The van der Waals surface area contributed by atoms with Crippen molar-refractivity contribution in [2.75, 3.05) is 13.6 Å². The van der Waals surface area contributed by atoms with Crippen LogP contribution in [-0.4, -0.2) is 18.5 Å². The van der Waals surface area contributed by atoms with Crippen LogP contribution in [0.4, 0.5) is 4.39 Å². The average molecular weight is 205 g/mol. The SMILES string of the molecule is CN1Cc2cc(CF)ccc2C2(CC2)C1. The van der Waals surface area contributed by atoms with Gasteiger partial charge in [-0.15, -0.1) is 0 Å². The third-order valence-electron chi connectivity index (χ3n) is 3.76. The number of rotatable bonds is 1. The molecule has 2 aliphatic rings. The summed E-state index contributed by atoms with van der Waals surface area (Å²) in [7, 11) is 2.16. The molecule has 0 unspecified atom stereocenters. The van der Waals surface area contributed by atoms with E-state index in [0.29, 0.717) is 5.41 Å². The lowest BCUT2D eigenvalue weighted by atomic mass is 9.86. The van der Waals surface area contributed by atoms with Crippen molar-refractivity contribution < 1.29 is 4.39 Å². The number of alkyl halides is 1. The lowest BCUT2D eigenvalue weighted by Crippen LogP contribution is -2.35. The first-order chi connectivity index (χ1) is 7.23. The molecule has 1 spiro atoms. The van der Waals surface area contributed by atoms with Gasteiger partial charge in [0, 0.05) is 18.5 Å². The number of hydrogen-bond acceptors (Lipinski definition) is 1. The van der Waals surface area contributed by atoms with Crippen LogP contribution < -0.4 is 0 Å². The van der Waals surface area contributed by atoms with E-state index in [-0.39, 0.29) is 6.67 Å². The Hall–Kier alpha value is -0.890. The maximum absolute atomic E-state index is 12.6. The molecule has 1 aromatic rings.